The Bertz CT molecular complexity index is 1190. The number of ether oxygens (including phenoxy) is 3. The molecule has 0 aliphatic rings. The fourth-order valence-corrected chi connectivity index (χ4v) is 3.24. The minimum Gasteiger partial charge on any atom is -0.494 e. The van der Waals surface area contributed by atoms with Crippen molar-refractivity contribution in [3.63, 3.8) is 0 Å². The van der Waals surface area contributed by atoms with E-state index in [4.69, 9.17) is 19.2 Å². The van der Waals surface area contributed by atoms with Gasteiger partial charge in [0, 0.05) is 10.9 Å². The predicted molar refractivity (Wildman–Crippen MR) is 116 cm³/mol. The topological polar surface area (TPSA) is 57.7 Å². The van der Waals surface area contributed by atoms with Crippen LogP contribution in [0.3, 0.4) is 0 Å². The average Bonchev–Trinajstić information content (AvgIpc) is 2.79. The number of pyridine rings is 1. The van der Waals surface area contributed by atoms with Crippen LogP contribution >= 0.6 is 0 Å². The molecule has 5 nitrogen and oxygen atoms in total. The van der Waals surface area contributed by atoms with Crippen LogP contribution in [0.1, 0.15) is 17.3 Å². The number of rotatable bonds is 6. The highest BCUT2D eigenvalue weighted by Crippen LogP contribution is 2.30. The minimum absolute atomic E-state index is 0.369. The highest BCUT2D eigenvalue weighted by Gasteiger charge is 2.17. The number of hydrogen-bond acceptors (Lipinski definition) is 5. The highest BCUT2D eigenvalue weighted by atomic mass is 16.6. The zero-order valence-corrected chi connectivity index (χ0v) is 16.8. The van der Waals surface area contributed by atoms with Crippen molar-refractivity contribution >= 4 is 16.9 Å². The maximum atomic E-state index is 13.1. The third-order valence-electron chi connectivity index (χ3n) is 4.67. The molecular weight excluding hydrogens is 378 g/mol. The number of esters is 1. The first-order chi connectivity index (χ1) is 14.7. The standard InChI is InChI=1S/C25H21NO4/c1-3-29-18-14-12-17(13-15-18)22-16-20(19-8-4-5-9-21(19)26-22)25(27)30-24-11-7-6-10-23(24)28-2/h4-16H,3H2,1-2H3. The molecule has 1 aromatic heterocycles. The van der Waals surface area contributed by atoms with Crippen LogP contribution in [0.2, 0.25) is 0 Å². The molecule has 0 spiro atoms. The van der Waals surface area contributed by atoms with E-state index in [2.05, 4.69) is 0 Å². The SMILES string of the molecule is CCOc1ccc(-c2cc(C(=O)Oc3ccccc3OC)c3ccccc3n2)cc1. The Labute approximate surface area is 174 Å². The Morgan fingerprint density at radius 3 is 2.33 bits per heavy atom. The van der Waals surface area contributed by atoms with Gasteiger partial charge in [-0.3, -0.25) is 0 Å². The van der Waals surface area contributed by atoms with Crippen LogP contribution in [0.4, 0.5) is 0 Å². The molecule has 5 heteroatoms. The van der Waals surface area contributed by atoms with Gasteiger partial charge in [-0.2, -0.15) is 0 Å². The molecule has 1 heterocycles. The second kappa shape index (κ2) is 8.66. The highest BCUT2D eigenvalue weighted by molar-refractivity contribution is 6.05. The fraction of sp³-hybridized carbons (Fsp3) is 0.120. The van der Waals surface area contributed by atoms with Crippen LogP contribution in [0.5, 0.6) is 17.2 Å². The van der Waals surface area contributed by atoms with Crippen LogP contribution in [0, 0.1) is 0 Å². The molecule has 0 bridgehead atoms. The lowest BCUT2D eigenvalue weighted by molar-refractivity contribution is 0.0732. The number of carbonyl (C=O) groups excluding carboxylic acids is 1. The zero-order valence-electron chi connectivity index (χ0n) is 16.8. The Balaban J connectivity index is 1.76. The molecule has 0 saturated carbocycles. The Morgan fingerprint density at radius 2 is 1.60 bits per heavy atom. The molecule has 0 saturated heterocycles. The molecule has 4 rings (SSSR count). The van der Waals surface area contributed by atoms with Crippen molar-refractivity contribution in [3.05, 3.63) is 84.4 Å². The van der Waals surface area contributed by atoms with Gasteiger partial charge >= 0.3 is 5.97 Å². The largest absolute Gasteiger partial charge is 0.494 e. The molecule has 150 valence electrons. The summed E-state index contributed by atoms with van der Waals surface area (Å²) in [7, 11) is 1.54. The lowest BCUT2D eigenvalue weighted by atomic mass is 10.0. The molecule has 0 fully saturated rings. The van der Waals surface area contributed by atoms with Gasteiger partial charge < -0.3 is 14.2 Å². The molecule has 0 unspecified atom stereocenters. The van der Waals surface area contributed by atoms with Crippen LogP contribution in [-0.2, 0) is 0 Å². The fourth-order valence-electron chi connectivity index (χ4n) is 3.24. The molecule has 0 radical (unpaired) electrons. The van der Waals surface area contributed by atoms with Crippen molar-refractivity contribution in [1.29, 1.82) is 0 Å². The van der Waals surface area contributed by atoms with Crippen LogP contribution in [0.15, 0.2) is 78.9 Å². The van der Waals surface area contributed by atoms with Gasteiger partial charge in [0.05, 0.1) is 30.5 Å². The third-order valence-corrected chi connectivity index (χ3v) is 4.67. The van der Waals surface area contributed by atoms with E-state index < -0.39 is 5.97 Å². The lowest BCUT2D eigenvalue weighted by Crippen LogP contribution is -2.10. The second-order valence-electron chi connectivity index (χ2n) is 6.57. The van der Waals surface area contributed by atoms with Gasteiger partial charge in [-0.05, 0) is 55.5 Å². The summed E-state index contributed by atoms with van der Waals surface area (Å²) in [6.45, 7) is 2.55. The first kappa shape index (κ1) is 19.5. The van der Waals surface area contributed by atoms with E-state index in [1.807, 2.05) is 61.5 Å². The van der Waals surface area contributed by atoms with Gasteiger partial charge in [0.2, 0.25) is 0 Å². The molecular formula is C25H21NO4. The van der Waals surface area contributed by atoms with Gasteiger partial charge in [-0.15, -0.1) is 0 Å². The zero-order chi connectivity index (χ0) is 20.9. The van der Waals surface area contributed by atoms with Crippen LogP contribution < -0.4 is 14.2 Å². The molecule has 0 aliphatic carbocycles. The number of nitrogens with zero attached hydrogens (tertiary/aromatic N) is 1. The van der Waals surface area contributed by atoms with E-state index in [0.29, 0.717) is 29.4 Å². The average molecular weight is 399 g/mol. The Morgan fingerprint density at radius 1 is 0.900 bits per heavy atom. The van der Waals surface area contributed by atoms with Crippen molar-refractivity contribution in [1.82, 2.24) is 4.98 Å². The number of para-hydroxylation sites is 3. The number of methoxy groups -OCH3 is 1. The monoisotopic (exact) mass is 399 g/mol. The summed E-state index contributed by atoms with van der Waals surface area (Å²) in [5.41, 5.74) is 2.73. The molecule has 4 aromatic rings. The quantitative estimate of drug-likeness (QED) is 0.315. The predicted octanol–water partition coefficient (Wildman–Crippen LogP) is 5.53. The van der Waals surface area contributed by atoms with Gasteiger partial charge in [0.1, 0.15) is 5.75 Å². The molecule has 3 aromatic carbocycles. The van der Waals surface area contributed by atoms with Crippen molar-refractivity contribution in [3.8, 4) is 28.5 Å². The van der Waals surface area contributed by atoms with Gasteiger partial charge in [0.25, 0.3) is 0 Å². The Hall–Kier alpha value is -3.86. The molecule has 0 N–H and O–H groups in total. The van der Waals surface area contributed by atoms with E-state index in [9.17, 15) is 4.79 Å². The number of benzene rings is 3. The van der Waals surface area contributed by atoms with Crippen LogP contribution in [0.25, 0.3) is 22.2 Å². The van der Waals surface area contributed by atoms with Crippen molar-refractivity contribution in [2.24, 2.45) is 0 Å². The van der Waals surface area contributed by atoms with Crippen molar-refractivity contribution in [2.75, 3.05) is 13.7 Å². The van der Waals surface area contributed by atoms with Crippen molar-refractivity contribution < 1.29 is 19.0 Å². The summed E-state index contributed by atoms with van der Waals surface area (Å²) < 4.78 is 16.5. The second-order valence-corrected chi connectivity index (χ2v) is 6.57. The van der Waals surface area contributed by atoms with E-state index in [0.717, 1.165) is 22.2 Å². The minimum atomic E-state index is -0.467. The summed E-state index contributed by atoms with van der Waals surface area (Å²) >= 11 is 0. The normalized spacial score (nSPS) is 10.6. The van der Waals surface area contributed by atoms with Crippen molar-refractivity contribution in [2.45, 2.75) is 6.92 Å². The number of aromatic nitrogens is 1. The van der Waals surface area contributed by atoms with Crippen LogP contribution in [-0.4, -0.2) is 24.7 Å². The maximum absolute atomic E-state index is 13.1. The van der Waals surface area contributed by atoms with E-state index in [-0.39, 0.29) is 0 Å². The summed E-state index contributed by atoms with van der Waals surface area (Å²) in [5, 5.41) is 0.729. The smallest absolute Gasteiger partial charge is 0.344 e. The summed E-state index contributed by atoms with van der Waals surface area (Å²) in [6, 6.07) is 24.0. The third kappa shape index (κ3) is 3.96. The summed E-state index contributed by atoms with van der Waals surface area (Å²) in [5.74, 6) is 1.19. The summed E-state index contributed by atoms with van der Waals surface area (Å²) in [4.78, 5) is 17.8. The van der Waals surface area contributed by atoms with E-state index in [1.165, 1.54) is 0 Å². The first-order valence-electron chi connectivity index (χ1n) is 9.68. The van der Waals surface area contributed by atoms with Gasteiger partial charge in [-0.1, -0.05) is 30.3 Å². The summed E-state index contributed by atoms with van der Waals surface area (Å²) in [6.07, 6.45) is 0. The Kier molecular flexibility index (Phi) is 5.61. The lowest BCUT2D eigenvalue weighted by Gasteiger charge is -2.12. The number of hydrogen-bond donors (Lipinski definition) is 0. The maximum Gasteiger partial charge on any atom is 0.344 e. The van der Waals surface area contributed by atoms with E-state index in [1.54, 1.807) is 31.4 Å². The van der Waals surface area contributed by atoms with Gasteiger partial charge in [-0.25, -0.2) is 9.78 Å². The van der Waals surface area contributed by atoms with E-state index >= 15 is 0 Å². The first-order valence-corrected chi connectivity index (χ1v) is 9.68. The number of fused-ring (bicyclic) bond motifs is 1. The molecule has 0 aliphatic heterocycles. The molecule has 30 heavy (non-hydrogen) atoms. The number of carbonyl (C=O) groups is 1. The molecule has 0 amide bonds. The van der Waals surface area contributed by atoms with Gasteiger partial charge in [0.15, 0.2) is 11.5 Å². The molecule has 0 atom stereocenters.